The van der Waals surface area contributed by atoms with Crippen LogP contribution in [0, 0.1) is 0 Å². The molecule has 0 spiro atoms. The van der Waals surface area contributed by atoms with E-state index in [1.807, 2.05) is 42.4 Å². The number of carboxylic acid groups (broad SMARTS) is 1. The fourth-order valence-corrected chi connectivity index (χ4v) is 3.53. The van der Waals surface area contributed by atoms with Crippen molar-refractivity contribution in [1.82, 2.24) is 24.8 Å². The first-order valence-electron chi connectivity index (χ1n) is 8.83. The van der Waals surface area contributed by atoms with Gasteiger partial charge in [0.1, 0.15) is 0 Å². The van der Waals surface area contributed by atoms with E-state index in [1.165, 1.54) is 0 Å². The SMILES string of the molecule is CN(CC(=O)O)C1CCCN(Cc2cn(-c3ccc(Cl)cc3)nn2)CC1.Cl. The number of benzene rings is 1. The van der Waals surface area contributed by atoms with Crippen molar-refractivity contribution >= 4 is 30.0 Å². The second-order valence-electron chi connectivity index (χ2n) is 6.80. The summed E-state index contributed by atoms with van der Waals surface area (Å²) in [6, 6.07) is 7.81. The molecular formula is C18H25Cl2N5O2. The number of carboxylic acids is 1. The molecular weight excluding hydrogens is 389 g/mol. The van der Waals surface area contributed by atoms with Crippen LogP contribution < -0.4 is 0 Å². The van der Waals surface area contributed by atoms with Crippen LogP contribution in [0.5, 0.6) is 0 Å². The summed E-state index contributed by atoms with van der Waals surface area (Å²) >= 11 is 5.92. The van der Waals surface area contributed by atoms with E-state index in [-0.39, 0.29) is 19.0 Å². The van der Waals surface area contributed by atoms with Gasteiger partial charge in [-0.05, 0) is 57.1 Å². The number of aromatic nitrogens is 3. The van der Waals surface area contributed by atoms with Gasteiger partial charge in [-0.25, -0.2) is 4.68 Å². The molecule has 1 aliphatic rings. The van der Waals surface area contributed by atoms with Gasteiger partial charge < -0.3 is 5.11 Å². The zero-order valence-corrected chi connectivity index (χ0v) is 16.9. The van der Waals surface area contributed by atoms with Crippen molar-refractivity contribution in [2.24, 2.45) is 0 Å². The van der Waals surface area contributed by atoms with Gasteiger partial charge in [-0.1, -0.05) is 16.8 Å². The predicted molar refractivity (Wildman–Crippen MR) is 107 cm³/mol. The summed E-state index contributed by atoms with van der Waals surface area (Å²) in [7, 11) is 1.89. The largest absolute Gasteiger partial charge is 0.480 e. The standard InChI is InChI=1S/C18H24ClN5O2.ClH/c1-22(13-18(25)26)16-3-2-9-23(10-8-16)11-15-12-24(21-20-15)17-6-4-14(19)5-7-17;/h4-7,12,16H,2-3,8-11,13H2,1H3,(H,25,26);1H. The van der Waals surface area contributed by atoms with E-state index in [4.69, 9.17) is 16.7 Å². The minimum Gasteiger partial charge on any atom is -0.480 e. The Kier molecular flexibility index (Phi) is 8.04. The zero-order valence-electron chi connectivity index (χ0n) is 15.3. The molecule has 1 N–H and O–H groups in total. The molecule has 1 aliphatic heterocycles. The maximum absolute atomic E-state index is 10.9. The van der Waals surface area contributed by atoms with E-state index in [2.05, 4.69) is 15.2 Å². The molecule has 1 aromatic carbocycles. The molecule has 1 aromatic heterocycles. The number of aliphatic carboxylic acids is 1. The van der Waals surface area contributed by atoms with Crippen molar-refractivity contribution < 1.29 is 9.90 Å². The lowest BCUT2D eigenvalue weighted by Gasteiger charge is -2.25. The summed E-state index contributed by atoms with van der Waals surface area (Å²) < 4.78 is 1.76. The highest BCUT2D eigenvalue weighted by molar-refractivity contribution is 6.30. The van der Waals surface area contributed by atoms with Crippen LogP contribution in [0.2, 0.25) is 5.02 Å². The van der Waals surface area contributed by atoms with Crippen LogP contribution in [0.15, 0.2) is 30.5 Å². The molecule has 3 rings (SSSR count). The summed E-state index contributed by atoms with van der Waals surface area (Å²) in [4.78, 5) is 15.2. The molecule has 0 aliphatic carbocycles. The summed E-state index contributed by atoms with van der Waals surface area (Å²) in [5.41, 5.74) is 1.86. The number of likely N-dealkylation sites (tertiary alicyclic amines) is 1. The highest BCUT2D eigenvalue weighted by Crippen LogP contribution is 2.18. The maximum Gasteiger partial charge on any atom is 0.317 e. The maximum atomic E-state index is 10.9. The van der Waals surface area contributed by atoms with Gasteiger partial charge in [0.05, 0.1) is 24.1 Å². The number of halogens is 2. The molecule has 1 atom stereocenters. The predicted octanol–water partition coefficient (Wildman–Crippen LogP) is 2.71. The second kappa shape index (κ2) is 10.0. The number of rotatable bonds is 6. The van der Waals surface area contributed by atoms with Crippen molar-refractivity contribution in [1.29, 1.82) is 0 Å². The molecule has 0 bridgehead atoms. The van der Waals surface area contributed by atoms with Crippen LogP contribution in [0.1, 0.15) is 25.0 Å². The fourth-order valence-electron chi connectivity index (χ4n) is 3.40. The van der Waals surface area contributed by atoms with Crippen molar-refractivity contribution in [2.45, 2.75) is 31.8 Å². The quantitative estimate of drug-likeness (QED) is 0.784. The van der Waals surface area contributed by atoms with Gasteiger partial charge in [-0.15, -0.1) is 17.5 Å². The van der Waals surface area contributed by atoms with Crippen LogP contribution in [-0.4, -0.2) is 68.6 Å². The third-order valence-electron chi connectivity index (χ3n) is 4.82. The molecule has 2 heterocycles. The average molecular weight is 414 g/mol. The molecule has 0 radical (unpaired) electrons. The number of carbonyl (C=O) groups is 1. The molecule has 1 saturated heterocycles. The van der Waals surface area contributed by atoms with E-state index in [1.54, 1.807) is 4.68 Å². The van der Waals surface area contributed by atoms with Gasteiger partial charge in [0.25, 0.3) is 0 Å². The Balaban J connectivity index is 0.00000261. The first-order valence-corrected chi connectivity index (χ1v) is 9.20. The van der Waals surface area contributed by atoms with E-state index in [0.29, 0.717) is 11.1 Å². The molecule has 1 unspecified atom stereocenters. The average Bonchev–Trinajstić information content (AvgIpc) is 2.93. The Morgan fingerprint density at radius 1 is 1.30 bits per heavy atom. The van der Waals surface area contributed by atoms with Crippen LogP contribution in [0.4, 0.5) is 0 Å². The lowest BCUT2D eigenvalue weighted by Crippen LogP contribution is -2.36. The van der Waals surface area contributed by atoms with Gasteiger partial charge in [0.2, 0.25) is 0 Å². The zero-order chi connectivity index (χ0) is 18.5. The molecule has 2 aromatic rings. The Hall–Kier alpha value is -1.67. The smallest absolute Gasteiger partial charge is 0.317 e. The number of nitrogens with zero attached hydrogens (tertiary/aromatic N) is 5. The Bertz CT molecular complexity index is 738. The summed E-state index contributed by atoms with van der Waals surface area (Å²) in [6.07, 6.45) is 4.99. The second-order valence-corrected chi connectivity index (χ2v) is 7.24. The molecule has 27 heavy (non-hydrogen) atoms. The fraction of sp³-hybridized carbons (Fsp3) is 0.500. The van der Waals surface area contributed by atoms with Crippen molar-refractivity contribution in [3.05, 3.63) is 41.2 Å². The third-order valence-corrected chi connectivity index (χ3v) is 5.07. The van der Waals surface area contributed by atoms with Gasteiger partial charge in [0.15, 0.2) is 0 Å². The normalized spacial score (nSPS) is 18.1. The molecule has 1 fully saturated rings. The molecule has 9 heteroatoms. The highest BCUT2D eigenvalue weighted by Gasteiger charge is 2.22. The first kappa shape index (κ1) is 21.6. The number of hydrogen-bond acceptors (Lipinski definition) is 5. The lowest BCUT2D eigenvalue weighted by molar-refractivity contribution is -0.138. The lowest BCUT2D eigenvalue weighted by atomic mass is 10.1. The number of likely N-dealkylation sites (N-methyl/N-ethyl adjacent to an activating group) is 1. The van der Waals surface area contributed by atoms with Crippen molar-refractivity contribution in [3.8, 4) is 5.69 Å². The molecule has 0 amide bonds. The highest BCUT2D eigenvalue weighted by atomic mass is 35.5. The minimum atomic E-state index is -0.771. The van der Waals surface area contributed by atoms with Crippen LogP contribution in [0.25, 0.3) is 5.69 Å². The topological polar surface area (TPSA) is 74.5 Å². The van der Waals surface area contributed by atoms with E-state index < -0.39 is 5.97 Å². The number of hydrogen-bond donors (Lipinski definition) is 1. The summed E-state index contributed by atoms with van der Waals surface area (Å²) in [5.74, 6) is -0.771. The van der Waals surface area contributed by atoms with Gasteiger partial charge >= 0.3 is 5.97 Å². The van der Waals surface area contributed by atoms with Crippen molar-refractivity contribution in [3.63, 3.8) is 0 Å². The summed E-state index contributed by atoms with van der Waals surface area (Å²) in [5, 5.41) is 18.1. The van der Waals surface area contributed by atoms with Crippen LogP contribution in [-0.2, 0) is 11.3 Å². The Morgan fingerprint density at radius 2 is 2.04 bits per heavy atom. The van der Waals surface area contributed by atoms with Gasteiger partial charge in [0, 0.05) is 24.2 Å². The third kappa shape index (κ3) is 6.17. The molecule has 0 saturated carbocycles. The summed E-state index contributed by atoms with van der Waals surface area (Å²) in [6.45, 7) is 2.77. The van der Waals surface area contributed by atoms with Crippen molar-refractivity contribution in [2.75, 3.05) is 26.7 Å². The van der Waals surface area contributed by atoms with Crippen LogP contribution >= 0.6 is 24.0 Å². The molecule has 7 nitrogen and oxygen atoms in total. The Morgan fingerprint density at radius 3 is 2.74 bits per heavy atom. The first-order chi connectivity index (χ1) is 12.5. The minimum absolute atomic E-state index is 0. The van der Waals surface area contributed by atoms with E-state index >= 15 is 0 Å². The monoisotopic (exact) mass is 413 g/mol. The van der Waals surface area contributed by atoms with E-state index in [0.717, 1.165) is 50.3 Å². The van der Waals surface area contributed by atoms with Crippen LogP contribution in [0.3, 0.4) is 0 Å². The molecule has 148 valence electrons. The Labute approximate surface area is 170 Å². The van der Waals surface area contributed by atoms with Gasteiger partial charge in [-0.2, -0.15) is 0 Å². The van der Waals surface area contributed by atoms with Gasteiger partial charge in [-0.3, -0.25) is 14.6 Å². The van der Waals surface area contributed by atoms with E-state index in [9.17, 15) is 4.79 Å².